The number of nitrogens with zero attached hydrogens (tertiary/aromatic N) is 5. The van der Waals surface area contributed by atoms with Crippen LogP contribution in [0.15, 0.2) is 34.4 Å². The lowest BCUT2D eigenvalue weighted by Crippen LogP contribution is -2.42. The molecule has 0 amide bonds. The number of nitrogens with two attached hydrogens (primary N) is 1. The molecule has 6 nitrogen and oxygen atoms in total. The molecule has 1 aliphatic rings. The molecule has 1 aromatic carbocycles. The summed E-state index contributed by atoms with van der Waals surface area (Å²) in [5.41, 5.74) is 15.0. The number of aliphatic imine (C=N–C) groups is 1. The maximum absolute atomic E-state index is 8.35. The second-order valence-electron chi connectivity index (χ2n) is 3.59. The summed E-state index contributed by atoms with van der Waals surface area (Å²) in [4.78, 5) is 8.70. The van der Waals surface area contributed by atoms with Crippen LogP contribution in [0.5, 0.6) is 0 Å². The van der Waals surface area contributed by atoms with E-state index in [4.69, 9.17) is 22.9 Å². The standard InChI is InChI=1S/C10H11ClN6/c11-8-3-1-2-4-9(8)17-7(6-15-16-13)5-14-10(17)12/h1-4,7H,5-6H2,(H2,12,14). The molecule has 2 rings (SSSR count). The molecular formula is C10H11ClN6. The summed E-state index contributed by atoms with van der Waals surface area (Å²) in [7, 11) is 0. The van der Waals surface area contributed by atoms with Gasteiger partial charge in [0.25, 0.3) is 0 Å². The Labute approximate surface area is 103 Å². The SMILES string of the molecule is [N-]=[N+]=NCC1CN=C(N)N1c1ccccc1Cl. The second kappa shape index (κ2) is 4.95. The summed E-state index contributed by atoms with van der Waals surface area (Å²) in [6.07, 6.45) is 0. The predicted octanol–water partition coefficient (Wildman–Crippen LogP) is 2.15. The lowest BCUT2D eigenvalue weighted by molar-refractivity contribution is 0.715. The molecule has 0 aliphatic carbocycles. The number of hydrogen-bond acceptors (Lipinski definition) is 4. The zero-order valence-electron chi connectivity index (χ0n) is 8.99. The van der Waals surface area contributed by atoms with Crippen molar-refractivity contribution in [3.8, 4) is 0 Å². The van der Waals surface area contributed by atoms with Gasteiger partial charge in [-0.2, -0.15) is 0 Å². The largest absolute Gasteiger partial charge is 0.370 e. The van der Waals surface area contributed by atoms with Crippen molar-refractivity contribution >= 4 is 23.2 Å². The first-order chi connectivity index (χ1) is 8.24. The van der Waals surface area contributed by atoms with Gasteiger partial charge in [0.15, 0.2) is 5.96 Å². The van der Waals surface area contributed by atoms with Crippen molar-refractivity contribution < 1.29 is 0 Å². The van der Waals surface area contributed by atoms with Crippen LogP contribution < -0.4 is 10.6 Å². The summed E-state index contributed by atoms with van der Waals surface area (Å²) in [6, 6.07) is 7.30. The molecule has 0 bridgehead atoms. The molecule has 7 heteroatoms. The van der Waals surface area contributed by atoms with Crippen LogP contribution in [0.4, 0.5) is 5.69 Å². The third-order valence-electron chi connectivity index (χ3n) is 2.54. The van der Waals surface area contributed by atoms with Crippen molar-refractivity contribution in [2.75, 3.05) is 18.0 Å². The highest BCUT2D eigenvalue weighted by Gasteiger charge is 2.27. The number of anilines is 1. The Morgan fingerprint density at radius 2 is 2.35 bits per heavy atom. The van der Waals surface area contributed by atoms with Crippen LogP contribution in [-0.2, 0) is 0 Å². The Bertz CT molecular complexity index is 493. The van der Waals surface area contributed by atoms with E-state index in [-0.39, 0.29) is 6.04 Å². The molecular weight excluding hydrogens is 240 g/mol. The van der Waals surface area contributed by atoms with Gasteiger partial charge in [-0.3, -0.25) is 4.99 Å². The van der Waals surface area contributed by atoms with E-state index in [0.717, 1.165) is 5.69 Å². The summed E-state index contributed by atoms with van der Waals surface area (Å²) in [6.45, 7) is 0.821. The second-order valence-corrected chi connectivity index (χ2v) is 3.99. The summed E-state index contributed by atoms with van der Waals surface area (Å²) < 4.78 is 0. The minimum atomic E-state index is -0.0641. The molecule has 1 heterocycles. The minimum absolute atomic E-state index is 0.0641. The highest BCUT2D eigenvalue weighted by atomic mass is 35.5. The molecule has 1 aliphatic heterocycles. The minimum Gasteiger partial charge on any atom is -0.370 e. The summed E-state index contributed by atoms with van der Waals surface area (Å²) in [5.74, 6) is 0.399. The molecule has 0 saturated heterocycles. The fraction of sp³-hybridized carbons (Fsp3) is 0.300. The predicted molar refractivity (Wildman–Crippen MR) is 68.2 cm³/mol. The van der Waals surface area contributed by atoms with Crippen LogP contribution in [0.25, 0.3) is 10.4 Å². The van der Waals surface area contributed by atoms with E-state index in [1.807, 2.05) is 18.2 Å². The van der Waals surface area contributed by atoms with Crippen LogP contribution >= 0.6 is 11.6 Å². The van der Waals surface area contributed by atoms with Gasteiger partial charge in [-0.15, -0.1) is 0 Å². The van der Waals surface area contributed by atoms with E-state index >= 15 is 0 Å². The molecule has 2 N–H and O–H groups in total. The maximum atomic E-state index is 8.35. The first-order valence-electron chi connectivity index (χ1n) is 5.08. The Morgan fingerprint density at radius 3 is 3.06 bits per heavy atom. The number of para-hydroxylation sites is 1. The van der Waals surface area contributed by atoms with Crippen molar-refractivity contribution in [1.82, 2.24) is 0 Å². The molecule has 0 saturated carbocycles. The fourth-order valence-electron chi connectivity index (χ4n) is 1.78. The highest BCUT2D eigenvalue weighted by Crippen LogP contribution is 2.28. The Kier molecular flexibility index (Phi) is 3.37. The van der Waals surface area contributed by atoms with Crippen LogP contribution in [0, 0.1) is 0 Å². The van der Waals surface area contributed by atoms with E-state index in [9.17, 15) is 0 Å². The molecule has 1 aromatic rings. The highest BCUT2D eigenvalue weighted by molar-refractivity contribution is 6.33. The van der Waals surface area contributed by atoms with E-state index in [0.29, 0.717) is 24.1 Å². The van der Waals surface area contributed by atoms with E-state index < -0.39 is 0 Å². The molecule has 88 valence electrons. The molecule has 0 aromatic heterocycles. The molecule has 1 atom stereocenters. The summed E-state index contributed by atoms with van der Waals surface area (Å²) >= 11 is 6.11. The van der Waals surface area contributed by atoms with Gasteiger partial charge in [0.1, 0.15) is 0 Å². The van der Waals surface area contributed by atoms with Crippen molar-refractivity contribution in [1.29, 1.82) is 0 Å². The van der Waals surface area contributed by atoms with E-state index in [1.54, 1.807) is 11.0 Å². The van der Waals surface area contributed by atoms with Crippen LogP contribution in [-0.4, -0.2) is 25.1 Å². The van der Waals surface area contributed by atoms with Gasteiger partial charge in [0.2, 0.25) is 0 Å². The number of hydrogen-bond donors (Lipinski definition) is 1. The Balaban J connectivity index is 2.30. The molecule has 1 unspecified atom stereocenters. The van der Waals surface area contributed by atoms with Crippen molar-refractivity contribution in [3.63, 3.8) is 0 Å². The smallest absolute Gasteiger partial charge is 0.196 e. The zero-order valence-corrected chi connectivity index (χ0v) is 9.75. The Hall–Kier alpha value is -1.91. The average molecular weight is 251 g/mol. The number of halogens is 1. The van der Waals surface area contributed by atoms with Gasteiger partial charge >= 0.3 is 0 Å². The van der Waals surface area contributed by atoms with Gasteiger partial charge in [0, 0.05) is 11.5 Å². The molecule has 17 heavy (non-hydrogen) atoms. The van der Waals surface area contributed by atoms with Gasteiger partial charge in [-0.1, -0.05) is 28.8 Å². The van der Waals surface area contributed by atoms with E-state index in [1.165, 1.54) is 0 Å². The van der Waals surface area contributed by atoms with Crippen LogP contribution in [0.2, 0.25) is 5.02 Å². The van der Waals surface area contributed by atoms with Crippen LogP contribution in [0.1, 0.15) is 0 Å². The third-order valence-corrected chi connectivity index (χ3v) is 2.86. The maximum Gasteiger partial charge on any atom is 0.196 e. The lowest BCUT2D eigenvalue weighted by atomic mass is 10.2. The average Bonchev–Trinajstić information content (AvgIpc) is 2.69. The zero-order chi connectivity index (χ0) is 12.3. The fourth-order valence-corrected chi connectivity index (χ4v) is 2.01. The van der Waals surface area contributed by atoms with Crippen molar-refractivity contribution in [3.05, 3.63) is 39.7 Å². The summed E-state index contributed by atoms with van der Waals surface area (Å²) in [5, 5.41) is 4.16. The first kappa shape index (κ1) is 11.6. The van der Waals surface area contributed by atoms with Gasteiger partial charge in [0.05, 0.1) is 23.3 Å². The van der Waals surface area contributed by atoms with Crippen molar-refractivity contribution in [2.45, 2.75) is 6.04 Å². The third kappa shape index (κ3) is 2.27. The number of guanidine groups is 1. The first-order valence-corrected chi connectivity index (χ1v) is 5.46. The molecule has 0 spiro atoms. The van der Waals surface area contributed by atoms with Crippen LogP contribution in [0.3, 0.4) is 0 Å². The van der Waals surface area contributed by atoms with E-state index in [2.05, 4.69) is 15.0 Å². The van der Waals surface area contributed by atoms with Gasteiger partial charge < -0.3 is 10.6 Å². The quantitative estimate of drug-likeness (QED) is 0.506. The molecule has 0 fully saturated rings. The van der Waals surface area contributed by atoms with Gasteiger partial charge in [-0.05, 0) is 17.7 Å². The monoisotopic (exact) mass is 250 g/mol. The normalized spacial score (nSPS) is 18.8. The number of azide groups is 1. The van der Waals surface area contributed by atoms with Gasteiger partial charge in [-0.25, -0.2) is 0 Å². The number of rotatable bonds is 3. The topological polar surface area (TPSA) is 90.4 Å². The Morgan fingerprint density at radius 1 is 1.59 bits per heavy atom. The lowest BCUT2D eigenvalue weighted by Gasteiger charge is -2.25. The molecule has 0 radical (unpaired) electrons. The van der Waals surface area contributed by atoms with Crippen molar-refractivity contribution in [2.24, 2.45) is 15.8 Å². The number of benzene rings is 1.